The lowest BCUT2D eigenvalue weighted by Crippen LogP contribution is -2.56. The largest absolute Gasteiger partial charge is 0.482 e. The Bertz CT molecular complexity index is 978. The fourth-order valence-electron chi connectivity index (χ4n) is 2.06. The molecule has 0 bridgehead atoms. The van der Waals surface area contributed by atoms with E-state index in [1.807, 2.05) is 0 Å². The maximum absolute atomic E-state index is 12.5. The number of carbonyl (C=O) groups excluding carboxylic acids is 1. The molecule has 0 spiro atoms. The lowest BCUT2D eigenvalue weighted by Gasteiger charge is -2.26. The number of hydrogen-bond donors (Lipinski definition) is 2. The van der Waals surface area contributed by atoms with Crippen LogP contribution in [0.25, 0.3) is 0 Å². The summed E-state index contributed by atoms with van der Waals surface area (Å²) in [6.45, 7) is 1.30. The molecule has 0 fully saturated rings. The number of ether oxygens (including phenoxy) is 1. The van der Waals surface area contributed by atoms with E-state index < -0.39 is 32.5 Å². The highest BCUT2D eigenvalue weighted by Crippen LogP contribution is 2.30. The van der Waals surface area contributed by atoms with Crippen molar-refractivity contribution >= 4 is 73.9 Å². The third kappa shape index (κ3) is 7.36. The van der Waals surface area contributed by atoms with Gasteiger partial charge in [-0.2, -0.15) is 4.72 Å². The maximum Gasteiger partial charge on any atom is 0.259 e. The van der Waals surface area contributed by atoms with Crippen LogP contribution in [0.4, 0.5) is 0 Å². The predicted molar refractivity (Wildman–Crippen MR) is 116 cm³/mol. The summed E-state index contributed by atoms with van der Waals surface area (Å²) in [5, 5.41) is 2.87. The second-order valence-electron chi connectivity index (χ2n) is 5.84. The molecule has 0 saturated heterocycles. The topological polar surface area (TPSA) is 84.5 Å². The molecule has 2 rings (SSSR count). The molecule has 29 heavy (non-hydrogen) atoms. The van der Waals surface area contributed by atoms with Gasteiger partial charge >= 0.3 is 0 Å². The van der Waals surface area contributed by atoms with E-state index in [4.69, 9.17) is 62.7 Å². The minimum Gasteiger partial charge on any atom is -0.482 e. The van der Waals surface area contributed by atoms with Crippen LogP contribution in [0, 0.1) is 6.92 Å². The van der Waals surface area contributed by atoms with Gasteiger partial charge in [-0.05, 0) is 37.3 Å². The van der Waals surface area contributed by atoms with Crippen molar-refractivity contribution in [1.29, 1.82) is 0 Å². The molecule has 0 aromatic heterocycles. The van der Waals surface area contributed by atoms with Gasteiger partial charge in [0.2, 0.25) is 13.8 Å². The number of nitrogens with one attached hydrogen (secondary N) is 2. The summed E-state index contributed by atoms with van der Waals surface area (Å²) in [7, 11) is -4.08. The van der Waals surface area contributed by atoms with E-state index in [1.54, 1.807) is 19.1 Å². The molecule has 0 aliphatic heterocycles. The minimum atomic E-state index is -4.08. The molecule has 1 atom stereocenters. The summed E-state index contributed by atoms with van der Waals surface area (Å²) in [5.41, 5.74) is 0.869. The van der Waals surface area contributed by atoms with Gasteiger partial charge in [0.15, 0.2) is 6.61 Å². The average molecular weight is 521 g/mol. The first kappa shape index (κ1) is 24.3. The van der Waals surface area contributed by atoms with Crippen LogP contribution in [0.1, 0.15) is 5.56 Å². The Labute approximate surface area is 193 Å². The Kier molecular flexibility index (Phi) is 8.32. The number of hydrogen-bond acceptors (Lipinski definition) is 4. The molecule has 2 aromatic rings. The second-order valence-corrected chi connectivity index (χ2v) is 10.8. The summed E-state index contributed by atoms with van der Waals surface area (Å²) in [5.74, 6) is -0.546. The quantitative estimate of drug-likeness (QED) is 0.417. The summed E-state index contributed by atoms with van der Waals surface area (Å²) in [6.07, 6.45) is -1.56. The van der Waals surface area contributed by atoms with Crippen molar-refractivity contribution in [2.45, 2.75) is 21.8 Å². The first-order valence-electron chi connectivity index (χ1n) is 7.91. The maximum atomic E-state index is 12.5. The molecule has 0 heterocycles. The van der Waals surface area contributed by atoms with Gasteiger partial charge in [0, 0.05) is 5.02 Å². The normalized spacial score (nSPS) is 13.0. The van der Waals surface area contributed by atoms with E-state index in [0.29, 0.717) is 5.02 Å². The van der Waals surface area contributed by atoms with Crippen LogP contribution in [-0.4, -0.2) is 30.9 Å². The number of aryl methyl sites for hydroxylation is 1. The zero-order valence-corrected chi connectivity index (χ0v) is 19.4. The highest BCUT2D eigenvalue weighted by Gasteiger charge is 2.37. The Balaban J connectivity index is 2.08. The van der Waals surface area contributed by atoms with Crippen molar-refractivity contribution in [3.05, 3.63) is 58.1 Å². The fourth-order valence-corrected chi connectivity index (χ4v) is 4.22. The summed E-state index contributed by atoms with van der Waals surface area (Å²) in [6, 6.07) is 10.4. The number of sulfonamides is 1. The molecule has 1 amide bonds. The Morgan fingerprint density at radius 2 is 1.72 bits per heavy atom. The molecule has 1 unspecified atom stereocenters. The van der Waals surface area contributed by atoms with Gasteiger partial charge in [0.05, 0.1) is 9.92 Å². The Morgan fingerprint density at radius 3 is 2.28 bits per heavy atom. The van der Waals surface area contributed by atoms with Gasteiger partial charge in [-0.3, -0.25) is 4.79 Å². The molecule has 0 saturated carbocycles. The highest BCUT2D eigenvalue weighted by molar-refractivity contribution is 7.89. The summed E-state index contributed by atoms with van der Waals surface area (Å²) >= 11 is 29.3. The summed E-state index contributed by atoms with van der Waals surface area (Å²) in [4.78, 5) is 12.1. The third-order valence-electron chi connectivity index (χ3n) is 3.49. The monoisotopic (exact) mass is 518 g/mol. The van der Waals surface area contributed by atoms with Crippen molar-refractivity contribution < 1.29 is 17.9 Å². The zero-order valence-electron chi connectivity index (χ0n) is 14.8. The molecule has 0 radical (unpaired) electrons. The zero-order chi connectivity index (χ0) is 21.8. The highest BCUT2D eigenvalue weighted by atomic mass is 35.6. The molecule has 6 nitrogen and oxygen atoms in total. The van der Waals surface area contributed by atoms with Crippen molar-refractivity contribution in [2.24, 2.45) is 0 Å². The fraction of sp³-hybridized carbons (Fsp3) is 0.235. The lowest BCUT2D eigenvalue weighted by atomic mass is 10.2. The first-order chi connectivity index (χ1) is 13.4. The van der Waals surface area contributed by atoms with Crippen LogP contribution in [0.3, 0.4) is 0 Å². The Hall–Kier alpha value is -0.930. The van der Waals surface area contributed by atoms with Gasteiger partial charge in [-0.25, -0.2) is 8.42 Å². The molecular formula is C17H15Cl5N2O4S. The molecular weight excluding hydrogens is 506 g/mol. The van der Waals surface area contributed by atoms with Gasteiger partial charge in [0.1, 0.15) is 11.9 Å². The molecule has 0 aliphatic carbocycles. The van der Waals surface area contributed by atoms with Crippen molar-refractivity contribution in [3.63, 3.8) is 0 Å². The number of alkyl halides is 3. The number of amides is 1. The van der Waals surface area contributed by atoms with E-state index in [1.165, 1.54) is 30.3 Å². The van der Waals surface area contributed by atoms with Crippen LogP contribution < -0.4 is 14.8 Å². The van der Waals surface area contributed by atoms with Gasteiger partial charge < -0.3 is 10.1 Å². The van der Waals surface area contributed by atoms with Gasteiger partial charge in [-0.1, -0.05) is 75.7 Å². The van der Waals surface area contributed by atoms with E-state index in [-0.39, 0.29) is 15.7 Å². The van der Waals surface area contributed by atoms with E-state index >= 15 is 0 Å². The van der Waals surface area contributed by atoms with Crippen LogP contribution in [-0.2, 0) is 14.8 Å². The SMILES string of the molecule is Cc1ccc(S(=O)(=O)NC(NC(=O)COc2ccc(Cl)cc2Cl)C(Cl)(Cl)Cl)cc1. The Morgan fingerprint density at radius 1 is 1.10 bits per heavy atom. The molecule has 12 heteroatoms. The number of benzene rings is 2. The number of carbonyl (C=O) groups is 1. The van der Waals surface area contributed by atoms with Crippen molar-refractivity contribution in [2.75, 3.05) is 6.61 Å². The smallest absolute Gasteiger partial charge is 0.259 e. The van der Waals surface area contributed by atoms with E-state index in [0.717, 1.165) is 5.56 Å². The van der Waals surface area contributed by atoms with Gasteiger partial charge in [-0.15, -0.1) is 0 Å². The third-order valence-corrected chi connectivity index (χ3v) is 6.11. The average Bonchev–Trinajstić information content (AvgIpc) is 2.60. The predicted octanol–water partition coefficient (Wildman–Crippen LogP) is 4.47. The van der Waals surface area contributed by atoms with Crippen LogP contribution in [0.5, 0.6) is 5.75 Å². The van der Waals surface area contributed by atoms with Gasteiger partial charge in [0.25, 0.3) is 5.91 Å². The van der Waals surface area contributed by atoms with Crippen molar-refractivity contribution in [3.8, 4) is 5.75 Å². The molecule has 158 valence electrons. The lowest BCUT2D eigenvalue weighted by molar-refractivity contribution is -0.123. The van der Waals surface area contributed by atoms with E-state index in [9.17, 15) is 13.2 Å². The van der Waals surface area contributed by atoms with Crippen LogP contribution in [0.2, 0.25) is 10.0 Å². The van der Waals surface area contributed by atoms with Crippen LogP contribution >= 0.6 is 58.0 Å². The number of rotatable bonds is 7. The van der Waals surface area contributed by atoms with Crippen molar-refractivity contribution in [1.82, 2.24) is 10.0 Å². The van der Waals surface area contributed by atoms with E-state index in [2.05, 4.69) is 10.0 Å². The molecule has 0 aliphatic rings. The molecule has 2 aromatic carbocycles. The second kappa shape index (κ2) is 9.92. The minimum absolute atomic E-state index is 0.0548. The first-order valence-corrected chi connectivity index (χ1v) is 11.3. The standard InChI is InChI=1S/C17H15Cl5N2O4S/c1-10-2-5-12(6-3-10)29(26,27)24-16(17(20,21)22)23-15(25)9-28-14-7-4-11(18)8-13(14)19/h2-8,16,24H,9H2,1H3,(H,23,25). The summed E-state index contributed by atoms with van der Waals surface area (Å²) < 4.78 is 30.3. The van der Waals surface area contributed by atoms with Crippen LogP contribution in [0.15, 0.2) is 47.4 Å². The number of halogens is 5. The molecule has 2 N–H and O–H groups in total.